The fraction of sp³-hybridized carbons (Fsp3) is 0.818. The molecule has 17 heavy (non-hydrogen) atoms. The molecule has 0 aromatic rings. The van der Waals surface area contributed by atoms with E-state index in [1.165, 1.54) is 0 Å². The topological polar surface area (TPSA) is 113 Å². The lowest BCUT2D eigenvalue weighted by Gasteiger charge is -2.17. The molecule has 2 atom stereocenters. The minimum Gasteiger partial charge on any atom is -0.481 e. The first kappa shape index (κ1) is 15.9. The normalized spacial score (nSPS) is 14.1. The van der Waals surface area contributed by atoms with Gasteiger partial charge in [-0.05, 0) is 18.8 Å². The lowest BCUT2D eigenvalue weighted by Crippen LogP contribution is -2.43. The summed E-state index contributed by atoms with van der Waals surface area (Å²) < 4.78 is 0. The summed E-state index contributed by atoms with van der Waals surface area (Å²) in [6.07, 6.45) is 2.14. The van der Waals surface area contributed by atoms with E-state index in [4.69, 9.17) is 15.9 Å². The summed E-state index contributed by atoms with van der Waals surface area (Å²) in [5.74, 6) is -1.33. The Kier molecular flexibility index (Phi) is 8.35. The second-order valence-electron chi connectivity index (χ2n) is 4.12. The second-order valence-corrected chi connectivity index (χ2v) is 4.12. The smallest absolute Gasteiger partial charge is 0.305 e. The van der Waals surface area contributed by atoms with Crippen molar-refractivity contribution in [1.82, 2.24) is 5.32 Å². The van der Waals surface area contributed by atoms with E-state index in [0.29, 0.717) is 13.0 Å². The standard InChI is InChI=1S/C11H22N2O4/c1-2-3-8(4-5-14)7-13-11(17)9(12)6-10(15)16/h8-9,14H,2-7,12H2,1H3,(H,13,17)(H,15,16). The third-order valence-corrected chi connectivity index (χ3v) is 2.53. The zero-order valence-corrected chi connectivity index (χ0v) is 10.2. The van der Waals surface area contributed by atoms with Crippen LogP contribution in [0.2, 0.25) is 0 Å². The van der Waals surface area contributed by atoms with Crippen LogP contribution in [0.4, 0.5) is 0 Å². The number of aliphatic carboxylic acids is 1. The van der Waals surface area contributed by atoms with Gasteiger partial charge in [-0.15, -0.1) is 0 Å². The predicted molar refractivity (Wildman–Crippen MR) is 63.3 cm³/mol. The lowest BCUT2D eigenvalue weighted by molar-refractivity contribution is -0.139. The monoisotopic (exact) mass is 246 g/mol. The van der Waals surface area contributed by atoms with Gasteiger partial charge in [0, 0.05) is 13.2 Å². The van der Waals surface area contributed by atoms with Gasteiger partial charge in [0.1, 0.15) is 0 Å². The molecule has 0 aliphatic carbocycles. The van der Waals surface area contributed by atoms with Crippen molar-refractivity contribution in [2.45, 2.75) is 38.6 Å². The molecule has 0 bridgehead atoms. The van der Waals surface area contributed by atoms with Gasteiger partial charge in [-0.3, -0.25) is 9.59 Å². The lowest BCUT2D eigenvalue weighted by atomic mass is 10.00. The number of carbonyl (C=O) groups is 2. The number of carbonyl (C=O) groups excluding carboxylic acids is 1. The summed E-state index contributed by atoms with van der Waals surface area (Å²) in [6, 6.07) is -1.01. The highest BCUT2D eigenvalue weighted by atomic mass is 16.4. The van der Waals surface area contributed by atoms with E-state index < -0.39 is 17.9 Å². The number of aliphatic hydroxyl groups is 1. The quantitative estimate of drug-likeness (QED) is 0.446. The number of nitrogens with one attached hydrogen (secondary N) is 1. The molecule has 0 saturated carbocycles. The fourth-order valence-electron chi connectivity index (χ4n) is 1.60. The summed E-state index contributed by atoms with van der Waals surface area (Å²) in [5, 5.41) is 19.9. The van der Waals surface area contributed by atoms with Crippen molar-refractivity contribution in [2.75, 3.05) is 13.2 Å². The molecule has 0 fully saturated rings. The molecule has 0 aliphatic rings. The molecule has 0 aliphatic heterocycles. The van der Waals surface area contributed by atoms with E-state index in [2.05, 4.69) is 5.32 Å². The van der Waals surface area contributed by atoms with Crippen molar-refractivity contribution in [1.29, 1.82) is 0 Å². The molecular weight excluding hydrogens is 224 g/mol. The summed E-state index contributed by atoms with van der Waals surface area (Å²) in [7, 11) is 0. The van der Waals surface area contributed by atoms with Gasteiger partial charge in [0.05, 0.1) is 12.5 Å². The molecule has 0 aromatic heterocycles. The maximum absolute atomic E-state index is 11.4. The van der Waals surface area contributed by atoms with Crippen molar-refractivity contribution in [3.63, 3.8) is 0 Å². The van der Waals surface area contributed by atoms with Crippen molar-refractivity contribution < 1.29 is 19.8 Å². The molecule has 0 saturated heterocycles. The van der Waals surface area contributed by atoms with E-state index in [0.717, 1.165) is 12.8 Å². The Labute approximate surface area is 101 Å². The van der Waals surface area contributed by atoms with Crippen LogP contribution in [0.3, 0.4) is 0 Å². The molecule has 2 unspecified atom stereocenters. The summed E-state index contributed by atoms with van der Waals surface area (Å²) in [5.41, 5.74) is 5.41. The van der Waals surface area contributed by atoms with Crippen LogP contribution >= 0.6 is 0 Å². The van der Waals surface area contributed by atoms with Gasteiger partial charge < -0.3 is 21.3 Å². The maximum Gasteiger partial charge on any atom is 0.305 e. The molecular formula is C11H22N2O4. The summed E-state index contributed by atoms with van der Waals surface area (Å²) >= 11 is 0. The number of carboxylic acid groups (broad SMARTS) is 1. The number of hydrogen-bond donors (Lipinski definition) is 4. The minimum absolute atomic E-state index is 0.0850. The highest BCUT2D eigenvalue weighted by molar-refractivity contribution is 5.85. The van der Waals surface area contributed by atoms with Crippen molar-refractivity contribution in [2.24, 2.45) is 11.7 Å². The first-order chi connectivity index (χ1) is 8.01. The third-order valence-electron chi connectivity index (χ3n) is 2.53. The van der Waals surface area contributed by atoms with E-state index in [1.54, 1.807) is 0 Å². The van der Waals surface area contributed by atoms with Gasteiger partial charge in [0.25, 0.3) is 0 Å². The van der Waals surface area contributed by atoms with Gasteiger partial charge in [-0.2, -0.15) is 0 Å². The van der Waals surface area contributed by atoms with Crippen LogP contribution < -0.4 is 11.1 Å². The fourth-order valence-corrected chi connectivity index (χ4v) is 1.60. The zero-order valence-electron chi connectivity index (χ0n) is 10.2. The van der Waals surface area contributed by atoms with Crippen molar-refractivity contribution >= 4 is 11.9 Å². The van der Waals surface area contributed by atoms with Crippen LogP contribution in [-0.2, 0) is 9.59 Å². The summed E-state index contributed by atoms with van der Waals surface area (Å²) in [6.45, 7) is 2.55. The average Bonchev–Trinajstić information content (AvgIpc) is 2.25. The number of aliphatic hydroxyl groups excluding tert-OH is 1. The molecule has 0 heterocycles. The number of carboxylic acids is 1. The summed E-state index contributed by atoms with van der Waals surface area (Å²) in [4.78, 5) is 21.8. The van der Waals surface area contributed by atoms with E-state index in [9.17, 15) is 9.59 Å². The maximum atomic E-state index is 11.4. The third kappa shape index (κ3) is 7.70. The first-order valence-electron chi connectivity index (χ1n) is 5.87. The van der Waals surface area contributed by atoms with E-state index in [1.807, 2.05) is 6.92 Å². The highest BCUT2D eigenvalue weighted by Gasteiger charge is 2.17. The Morgan fingerprint density at radius 3 is 2.47 bits per heavy atom. The number of rotatable bonds is 9. The number of hydrogen-bond acceptors (Lipinski definition) is 4. The van der Waals surface area contributed by atoms with Crippen molar-refractivity contribution in [3.05, 3.63) is 0 Å². The molecule has 5 N–H and O–H groups in total. The van der Waals surface area contributed by atoms with Crippen LogP contribution in [0.15, 0.2) is 0 Å². The van der Waals surface area contributed by atoms with Crippen LogP contribution in [-0.4, -0.2) is 41.3 Å². The SMILES string of the molecule is CCCC(CCO)CNC(=O)C(N)CC(=O)O. The van der Waals surface area contributed by atoms with Crippen LogP contribution in [0.1, 0.15) is 32.6 Å². The van der Waals surface area contributed by atoms with Gasteiger partial charge in [-0.25, -0.2) is 0 Å². The Balaban J connectivity index is 3.97. The molecule has 100 valence electrons. The number of amides is 1. The first-order valence-corrected chi connectivity index (χ1v) is 5.87. The molecule has 0 aromatic carbocycles. The van der Waals surface area contributed by atoms with Crippen LogP contribution in [0.5, 0.6) is 0 Å². The van der Waals surface area contributed by atoms with Gasteiger partial charge in [-0.1, -0.05) is 13.3 Å². The largest absolute Gasteiger partial charge is 0.481 e. The molecule has 1 amide bonds. The van der Waals surface area contributed by atoms with E-state index >= 15 is 0 Å². The average molecular weight is 246 g/mol. The van der Waals surface area contributed by atoms with Crippen molar-refractivity contribution in [3.8, 4) is 0 Å². The van der Waals surface area contributed by atoms with Gasteiger partial charge in [0.15, 0.2) is 0 Å². The van der Waals surface area contributed by atoms with Crippen LogP contribution in [0.25, 0.3) is 0 Å². The molecule has 0 spiro atoms. The zero-order chi connectivity index (χ0) is 13.3. The Morgan fingerprint density at radius 2 is 2.00 bits per heavy atom. The Hall–Kier alpha value is -1.14. The molecule has 0 radical (unpaired) electrons. The molecule has 0 rings (SSSR count). The van der Waals surface area contributed by atoms with Gasteiger partial charge in [0.2, 0.25) is 5.91 Å². The number of nitrogens with two attached hydrogens (primary N) is 1. The Bertz CT molecular complexity index is 240. The van der Waals surface area contributed by atoms with E-state index in [-0.39, 0.29) is 18.9 Å². The highest BCUT2D eigenvalue weighted by Crippen LogP contribution is 2.09. The molecule has 6 nitrogen and oxygen atoms in total. The molecule has 6 heteroatoms. The predicted octanol–water partition coefficient (Wildman–Crippen LogP) is -0.297. The second kappa shape index (κ2) is 8.95. The Morgan fingerprint density at radius 1 is 1.35 bits per heavy atom. The van der Waals surface area contributed by atoms with Crippen LogP contribution in [0, 0.1) is 5.92 Å². The van der Waals surface area contributed by atoms with Gasteiger partial charge >= 0.3 is 5.97 Å². The minimum atomic E-state index is -1.09.